The van der Waals surface area contributed by atoms with E-state index < -0.39 is 23.4 Å². The van der Waals surface area contributed by atoms with E-state index in [0.29, 0.717) is 11.6 Å². The van der Waals surface area contributed by atoms with E-state index in [1.165, 1.54) is 0 Å². The molecule has 1 aliphatic heterocycles. The number of pyridine rings is 2. The maximum Gasteiger partial charge on any atom is 0.494 e. The van der Waals surface area contributed by atoms with Gasteiger partial charge in [0, 0.05) is 28.7 Å². The molecule has 3 fully saturated rings. The Hall–Kier alpha value is -5.32. The van der Waals surface area contributed by atoms with Crippen LogP contribution in [0.2, 0.25) is 0 Å². The number of rotatable bonds is 10. The lowest BCUT2D eigenvalue weighted by Gasteiger charge is -2.32. The number of aromatic nitrogens is 2. The second-order valence-electron chi connectivity index (χ2n) is 20.8. The van der Waals surface area contributed by atoms with E-state index in [2.05, 4.69) is 59.3 Å². The van der Waals surface area contributed by atoms with Crippen molar-refractivity contribution in [2.24, 2.45) is 11.8 Å². The Morgan fingerprint density at radius 1 is 0.647 bits per heavy atom. The maximum atomic E-state index is 12.0. The molecule has 2 aliphatic carbocycles. The summed E-state index contributed by atoms with van der Waals surface area (Å²) in [4.78, 5) is 55.6. The zero-order valence-corrected chi connectivity index (χ0v) is 43.8. The van der Waals surface area contributed by atoms with Gasteiger partial charge in [0.2, 0.25) is 11.8 Å². The van der Waals surface area contributed by atoms with Crippen molar-refractivity contribution in [3.8, 4) is 11.1 Å². The van der Waals surface area contributed by atoms with Crippen LogP contribution < -0.4 is 26.7 Å². The average molecular weight is 998 g/mol. The number of carbonyl (C=O) groups excluding carboxylic acids is 4. The minimum Gasteiger partial charge on any atom is -0.444 e. The third kappa shape index (κ3) is 16.2. The molecule has 3 aliphatic rings. The fourth-order valence-corrected chi connectivity index (χ4v) is 7.41. The molecule has 1 saturated heterocycles. The van der Waals surface area contributed by atoms with Gasteiger partial charge < -0.3 is 40.0 Å². The highest BCUT2D eigenvalue weighted by Gasteiger charge is 2.51. The number of carbonyl (C=O) groups is 4. The summed E-state index contributed by atoms with van der Waals surface area (Å²) in [5.41, 5.74) is 5.41. The summed E-state index contributed by atoms with van der Waals surface area (Å²) in [5, 5.41) is 11.4. The molecule has 4 N–H and O–H groups in total. The molecule has 2 atom stereocenters. The fourth-order valence-electron chi connectivity index (χ4n) is 7.07. The Morgan fingerprint density at radius 2 is 1.07 bits per heavy atom. The number of nitrogens with zero attached hydrogens (tertiary/aromatic N) is 2. The monoisotopic (exact) mass is 996 g/mol. The molecule has 3 heterocycles. The van der Waals surface area contributed by atoms with Crippen molar-refractivity contribution in [2.45, 2.75) is 157 Å². The highest BCUT2D eigenvalue weighted by molar-refractivity contribution is 9.10. The second kappa shape index (κ2) is 22.0. The van der Waals surface area contributed by atoms with Crippen LogP contribution in [-0.2, 0) is 28.4 Å². The number of anilines is 2. The highest BCUT2D eigenvalue weighted by Crippen LogP contribution is 2.37. The molecule has 14 nitrogen and oxygen atoms in total. The number of alkyl carbamates (subject to hydrolysis) is 2. The topological polar surface area (TPSA) is 179 Å². The molecule has 2 saturated carbocycles. The van der Waals surface area contributed by atoms with Gasteiger partial charge in [-0.3, -0.25) is 9.59 Å². The fraction of sp³-hybridized carbons (Fsp3) is 0.500. The Bertz CT molecular complexity index is 2430. The number of benzene rings is 2. The molecular formula is C52H70BBrN6O8. The number of halogens is 1. The summed E-state index contributed by atoms with van der Waals surface area (Å²) in [7, 11) is -0.387. The first-order valence-corrected chi connectivity index (χ1v) is 24.1. The predicted octanol–water partition coefficient (Wildman–Crippen LogP) is 11.1. The number of hydrogen-bond acceptors (Lipinski definition) is 10. The van der Waals surface area contributed by atoms with Crippen LogP contribution in [0.3, 0.4) is 0 Å². The van der Waals surface area contributed by atoms with Gasteiger partial charge in [0.1, 0.15) is 22.8 Å². The average Bonchev–Trinajstić information content (AvgIpc) is 4.14. The van der Waals surface area contributed by atoms with E-state index >= 15 is 0 Å². The normalized spacial score (nSPS) is 16.9. The molecule has 7 rings (SSSR count). The van der Waals surface area contributed by atoms with E-state index in [-0.39, 0.29) is 54.1 Å². The molecule has 0 bridgehead atoms. The second-order valence-corrected chi connectivity index (χ2v) is 21.7. The Balaban J connectivity index is 0.000000203. The van der Waals surface area contributed by atoms with Crippen LogP contribution in [0.25, 0.3) is 11.1 Å². The lowest BCUT2D eigenvalue weighted by molar-refractivity contribution is -0.118. The third-order valence-corrected chi connectivity index (χ3v) is 12.2. The molecule has 0 spiro atoms. The Labute approximate surface area is 411 Å². The molecule has 4 aromatic rings. The van der Waals surface area contributed by atoms with Crippen LogP contribution in [0.5, 0.6) is 0 Å². The third-order valence-electron chi connectivity index (χ3n) is 11.7. The Morgan fingerprint density at radius 3 is 1.50 bits per heavy atom. The SMILES string of the molecule is Cc1cc(-c2ccnc(NC(=O)C3CC3)c2)ccc1[C@@H](C)NC(=O)OC(C)(C)C.Cc1cc(B2OC(C)(C)C(C)(C)O2)ccc1[C@@H](C)NC(=O)OC(C)(C)C.O=C(Nc1cc(Br)ccn1)C1CC1. The zero-order valence-electron chi connectivity index (χ0n) is 42.2. The standard InChI is InChI=1S/C23H29N3O3.C20H32BNO4.C9H9BrN2O/c1-14-12-17(8-9-19(14)15(2)25-22(28)29-23(3,4)5)18-10-11-24-20(13-18)26-21(27)16-6-7-16;1-13-12-15(21-25-19(6,7)20(8,9)26-21)10-11-16(13)14(2)22-17(23)24-18(3,4)5;10-7-3-4-11-8(5-7)12-9(13)6-1-2-6/h8-13,15-16H,6-7H2,1-5H3,(H,25,28)(H,24,26,27);10-12,14H,1-9H3,(H,22,23);3-6H,1-2H2,(H,11,12,13)/t15-;14-;/m11./s1. The number of nitrogens with one attached hydrogen (secondary N) is 4. The first-order chi connectivity index (χ1) is 31.6. The lowest BCUT2D eigenvalue weighted by atomic mass is 9.77. The van der Waals surface area contributed by atoms with Crippen molar-refractivity contribution in [1.82, 2.24) is 20.6 Å². The van der Waals surface area contributed by atoms with Crippen LogP contribution in [-0.4, -0.2) is 63.5 Å². The molecule has 2 aromatic heterocycles. The van der Waals surface area contributed by atoms with E-state index in [1.54, 1.807) is 18.5 Å². The number of amides is 4. The van der Waals surface area contributed by atoms with Gasteiger partial charge in [0.25, 0.3) is 0 Å². The summed E-state index contributed by atoms with van der Waals surface area (Å²) in [6.45, 7) is 27.2. The summed E-state index contributed by atoms with van der Waals surface area (Å²) < 4.78 is 23.8. The van der Waals surface area contributed by atoms with Crippen molar-refractivity contribution < 1.29 is 38.0 Å². The van der Waals surface area contributed by atoms with Gasteiger partial charge in [-0.25, -0.2) is 19.6 Å². The van der Waals surface area contributed by atoms with Gasteiger partial charge in [-0.1, -0.05) is 52.3 Å². The minimum atomic E-state index is -0.531. The molecule has 16 heteroatoms. The molecule has 0 radical (unpaired) electrons. The van der Waals surface area contributed by atoms with E-state index in [1.807, 2.05) is 139 Å². The highest BCUT2D eigenvalue weighted by atomic mass is 79.9. The summed E-state index contributed by atoms with van der Waals surface area (Å²) in [6.07, 6.45) is 6.46. The van der Waals surface area contributed by atoms with Gasteiger partial charge >= 0.3 is 19.3 Å². The molecule has 68 heavy (non-hydrogen) atoms. The van der Waals surface area contributed by atoms with E-state index in [4.69, 9.17) is 18.8 Å². The van der Waals surface area contributed by atoms with Crippen molar-refractivity contribution in [3.63, 3.8) is 0 Å². The van der Waals surface area contributed by atoms with Crippen molar-refractivity contribution >= 4 is 64.1 Å². The first kappa shape index (κ1) is 53.6. The van der Waals surface area contributed by atoms with Crippen LogP contribution in [0, 0.1) is 25.7 Å². The maximum absolute atomic E-state index is 12.0. The minimum absolute atomic E-state index is 0.0446. The molecule has 4 amide bonds. The molecule has 0 unspecified atom stereocenters. The van der Waals surface area contributed by atoms with E-state index in [9.17, 15) is 19.2 Å². The quantitative estimate of drug-likeness (QED) is 0.112. The van der Waals surface area contributed by atoms with Crippen molar-refractivity contribution in [2.75, 3.05) is 10.6 Å². The van der Waals surface area contributed by atoms with Crippen LogP contribution in [0.15, 0.2) is 77.5 Å². The zero-order chi connectivity index (χ0) is 50.4. The molecule has 2 aromatic carbocycles. The largest absolute Gasteiger partial charge is 0.494 e. The van der Waals surface area contributed by atoms with Crippen LogP contribution >= 0.6 is 15.9 Å². The van der Waals surface area contributed by atoms with Gasteiger partial charge in [-0.2, -0.15) is 0 Å². The van der Waals surface area contributed by atoms with Crippen molar-refractivity contribution in [1.29, 1.82) is 0 Å². The smallest absolute Gasteiger partial charge is 0.444 e. The van der Waals surface area contributed by atoms with Crippen LogP contribution in [0.1, 0.15) is 143 Å². The van der Waals surface area contributed by atoms with Gasteiger partial charge in [0.15, 0.2) is 0 Å². The van der Waals surface area contributed by atoms with Crippen molar-refractivity contribution in [3.05, 3.63) is 99.8 Å². The van der Waals surface area contributed by atoms with Gasteiger partial charge in [-0.05, 0) is 186 Å². The van der Waals surface area contributed by atoms with Gasteiger partial charge in [-0.15, -0.1) is 0 Å². The van der Waals surface area contributed by atoms with Crippen LogP contribution in [0.4, 0.5) is 21.2 Å². The predicted molar refractivity (Wildman–Crippen MR) is 272 cm³/mol. The number of hydrogen-bond donors (Lipinski definition) is 4. The summed E-state index contributed by atoms with van der Waals surface area (Å²) in [5.74, 6) is 1.68. The number of ether oxygens (including phenoxy) is 2. The molecular weight excluding hydrogens is 927 g/mol. The lowest BCUT2D eigenvalue weighted by Crippen LogP contribution is -2.41. The Kier molecular flexibility index (Phi) is 17.3. The number of aryl methyl sites for hydroxylation is 2. The summed E-state index contributed by atoms with van der Waals surface area (Å²) >= 11 is 3.31. The molecule has 366 valence electrons. The van der Waals surface area contributed by atoms with E-state index in [0.717, 1.165) is 69.0 Å². The van der Waals surface area contributed by atoms with Gasteiger partial charge in [0.05, 0.1) is 23.3 Å². The first-order valence-electron chi connectivity index (χ1n) is 23.3. The summed E-state index contributed by atoms with van der Waals surface area (Å²) in [6, 6.07) is 19.3.